The van der Waals surface area contributed by atoms with Crippen molar-refractivity contribution in [3.05, 3.63) is 39.4 Å². The first-order valence-corrected chi connectivity index (χ1v) is 5.84. The van der Waals surface area contributed by atoms with Crippen LogP contribution in [0.1, 0.15) is 22.3 Å². The molecule has 1 unspecified atom stereocenters. The molecule has 1 saturated heterocycles. The van der Waals surface area contributed by atoms with Gasteiger partial charge in [0.1, 0.15) is 0 Å². The Morgan fingerprint density at radius 2 is 2.26 bits per heavy atom. The van der Waals surface area contributed by atoms with Gasteiger partial charge in [-0.2, -0.15) is 0 Å². The molecule has 1 aromatic rings. The van der Waals surface area contributed by atoms with Crippen LogP contribution in [0, 0.1) is 17.0 Å². The summed E-state index contributed by atoms with van der Waals surface area (Å²) in [7, 11) is 0. The lowest BCUT2D eigenvalue weighted by atomic mass is 10.1. The van der Waals surface area contributed by atoms with Gasteiger partial charge in [-0.1, -0.05) is 6.07 Å². The number of nitrogens with one attached hydrogen (secondary N) is 2. The van der Waals surface area contributed by atoms with Crippen LogP contribution in [-0.2, 0) is 0 Å². The van der Waals surface area contributed by atoms with Crippen LogP contribution in [0.5, 0.6) is 0 Å². The molecule has 1 aromatic carbocycles. The number of rotatable bonds is 3. The van der Waals surface area contributed by atoms with Gasteiger partial charge in [0.15, 0.2) is 0 Å². The smallest absolute Gasteiger partial charge is 0.273 e. The highest BCUT2D eigenvalue weighted by Crippen LogP contribution is 2.19. The number of amides is 1. The molecule has 0 spiro atoms. The third kappa shape index (κ3) is 3.65. The minimum absolute atomic E-state index is 0. The van der Waals surface area contributed by atoms with Crippen molar-refractivity contribution < 1.29 is 9.72 Å². The second-order valence-corrected chi connectivity index (χ2v) is 4.42. The average molecular weight is 286 g/mol. The van der Waals surface area contributed by atoms with Gasteiger partial charge in [0.05, 0.1) is 4.92 Å². The van der Waals surface area contributed by atoms with Gasteiger partial charge in [0, 0.05) is 29.8 Å². The lowest BCUT2D eigenvalue weighted by Crippen LogP contribution is -2.36. The fraction of sp³-hybridized carbons (Fsp3) is 0.417. The predicted octanol–water partition coefficient (Wildman–Crippen LogP) is 1.42. The zero-order chi connectivity index (χ0) is 13.1. The van der Waals surface area contributed by atoms with Gasteiger partial charge in [0.25, 0.3) is 11.6 Å². The summed E-state index contributed by atoms with van der Waals surface area (Å²) in [5.41, 5.74) is 0.866. The molecule has 0 aromatic heterocycles. The molecule has 1 fully saturated rings. The van der Waals surface area contributed by atoms with Crippen LogP contribution in [0.15, 0.2) is 18.2 Å². The van der Waals surface area contributed by atoms with E-state index in [4.69, 9.17) is 0 Å². The SMILES string of the molecule is Cc1ccc(C(=O)NC2CCNC2)cc1[N+](=O)[O-].Cl. The molecule has 6 nitrogen and oxygen atoms in total. The van der Waals surface area contributed by atoms with Gasteiger partial charge in [0.2, 0.25) is 0 Å². The number of nitrogens with zero attached hydrogens (tertiary/aromatic N) is 1. The minimum atomic E-state index is -0.469. The molecule has 19 heavy (non-hydrogen) atoms. The van der Waals surface area contributed by atoms with Gasteiger partial charge < -0.3 is 10.6 Å². The average Bonchev–Trinajstić information content (AvgIpc) is 2.81. The molecule has 0 bridgehead atoms. The molecular weight excluding hydrogens is 270 g/mol. The fourth-order valence-electron chi connectivity index (χ4n) is 1.99. The predicted molar refractivity (Wildman–Crippen MR) is 73.8 cm³/mol. The number of nitro groups is 1. The molecule has 7 heteroatoms. The van der Waals surface area contributed by atoms with Crippen molar-refractivity contribution in [2.24, 2.45) is 0 Å². The largest absolute Gasteiger partial charge is 0.348 e. The summed E-state index contributed by atoms with van der Waals surface area (Å²) in [5, 5.41) is 16.8. The van der Waals surface area contributed by atoms with Crippen molar-refractivity contribution >= 4 is 24.0 Å². The van der Waals surface area contributed by atoms with E-state index in [-0.39, 0.29) is 30.0 Å². The van der Waals surface area contributed by atoms with E-state index in [0.29, 0.717) is 11.1 Å². The van der Waals surface area contributed by atoms with E-state index in [9.17, 15) is 14.9 Å². The van der Waals surface area contributed by atoms with Crippen molar-refractivity contribution in [3.63, 3.8) is 0 Å². The third-order valence-corrected chi connectivity index (χ3v) is 3.06. The fourth-order valence-corrected chi connectivity index (χ4v) is 1.99. The third-order valence-electron chi connectivity index (χ3n) is 3.06. The minimum Gasteiger partial charge on any atom is -0.348 e. The number of aryl methyl sites for hydroxylation is 1. The number of hydrogen-bond acceptors (Lipinski definition) is 4. The quantitative estimate of drug-likeness (QED) is 0.650. The summed E-state index contributed by atoms with van der Waals surface area (Å²) in [6, 6.07) is 4.64. The van der Waals surface area contributed by atoms with Crippen LogP contribution in [0.4, 0.5) is 5.69 Å². The molecule has 0 saturated carbocycles. The molecule has 2 N–H and O–H groups in total. The zero-order valence-corrected chi connectivity index (χ0v) is 11.3. The van der Waals surface area contributed by atoms with E-state index in [1.165, 1.54) is 6.07 Å². The Kier molecular flexibility index (Phi) is 5.26. The maximum atomic E-state index is 11.9. The molecule has 1 atom stereocenters. The van der Waals surface area contributed by atoms with E-state index in [2.05, 4.69) is 10.6 Å². The van der Waals surface area contributed by atoms with Crippen LogP contribution < -0.4 is 10.6 Å². The topological polar surface area (TPSA) is 84.3 Å². The highest BCUT2D eigenvalue weighted by molar-refractivity contribution is 5.95. The number of hydrogen-bond donors (Lipinski definition) is 2. The lowest BCUT2D eigenvalue weighted by molar-refractivity contribution is -0.385. The van der Waals surface area contributed by atoms with Crippen LogP contribution >= 0.6 is 12.4 Å². The van der Waals surface area contributed by atoms with Crippen molar-refractivity contribution in [1.82, 2.24) is 10.6 Å². The monoisotopic (exact) mass is 285 g/mol. The Morgan fingerprint density at radius 3 is 2.84 bits per heavy atom. The molecule has 1 aliphatic heterocycles. The van der Waals surface area contributed by atoms with Crippen LogP contribution in [0.3, 0.4) is 0 Å². The summed E-state index contributed by atoms with van der Waals surface area (Å²) in [6.45, 7) is 3.29. The van der Waals surface area contributed by atoms with Gasteiger partial charge in [-0.3, -0.25) is 14.9 Å². The van der Waals surface area contributed by atoms with E-state index < -0.39 is 4.92 Å². The van der Waals surface area contributed by atoms with Gasteiger partial charge in [-0.25, -0.2) is 0 Å². The van der Waals surface area contributed by atoms with Crippen molar-refractivity contribution in [2.75, 3.05) is 13.1 Å². The number of carbonyl (C=O) groups excluding carboxylic acids is 1. The molecule has 2 rings (SSSR count). The van der Waals surface area contributed by atoms with E-state index in [1.54, 1.807) is 19.1 Å². The Labute approximate surface area is 117 Å². The molecule has 1 heterocycles. The number of carbonyl (C=O) groups is 1. The lowest BCUT2D eigenvalue weighted by Gasteiger charge is -2.11. The van der Waals surface area contributed by atoms with Crippen LogP contribution in [-0.4, -0.2) is 30.0 Å². The highest BCUT2D eigenvalue weighted by Gasteiger charge is 2.19. The first kappa shape index (κ1) is 15.4. The van der Waals surface area contributed by atoms with Gasteiger partial charge >= 0.3 is 0 Å². The molecular formula is C12H16ClN3O3. The molecule has 104 valence electrons. The number of benzene rings is 1. The normalized spacial score (nSPS) is 17.6. The van der Waals surface area contributed by atoms with E-state index >= 15 is 0 Å². The molecule has 0 radical (unpaired) electrons. The number of halogens is 1. The Bertz CT molecular complexity index is 487. The highest BCUT2D eigenvalue weighted by atomic mass is 35.5. The van der Waals surface area contributed by atoms with Gasteiger partial charge in [-0.05, 0) is 26.0 Å². The zero-order valence-electron chi connectivity index (χ0n) is 10.5. The summed E-state index contributed by atoms with van der Waals surface area (Å²) >= 11 is 0. The molecule has 0 aliphatic carbocycles. The second kappa shape index (κ2) is 6.49. The Morgan fingerprint density at radius 1 is 1.53 bits per heavy atom. The Balaban J connectivity index is 0.00000180. The van der Waals surface area contributed by atoms with E-state index in [0.717, 1.165) is 19.5 Å². The first-order chi connectivity index (χ1) is 8.58. The van der Waals surface area contributed by atoms with Crippen molar-refractivity contribution in [2.45, 2.75) is 19.4 Å². The standard InChI is InChI=1S/C12H15N3O3.ClH/c1-8-2-3-9(6-11(8)15(17)18)12(16)14-10-4-5-13-7-10;/h2-3,6,10,13H,4-5,7H2,1H3,(H,14,16);1H. The summed E-state index contributed by atoms with van der Waals surface area (Å²) in [5.74, 6) is -0.258. The van der Waals surface area contributed by atoms with Crippen LogP contribution in [0.25, 0.3) is 0 Å². The van der Waals surface area contributed by atoms with Gasteiger partial charge in [-0.15, -0.1) is 12.4 Å². The summed E-state index contributed by atoms with van der Waals surface area (Å²) in [4.78, 5) is 22.3. The first-order valence-electron chi connectivity index (χ1n) is 5.84. The molecule has 1 amide bonds. The summed E-state index contributed by atoms with van der Waals surface area (Å²) < 4.78 is 0. The van der Waals surface area contributed by atoms with Crippen molar-refractivity contribution in [1.29, 1.82) is 0 Å². The maximum absolute atomic E-state index is 11.9. The Hall–Kier alpha value is -1.66. The van der Waals surface area contributed by atoms with Crippen LogP contribution in [0.2, 0.25) is 0 Å². The second-order valence-electron chi connectivity index (χ2n) is 4.42. The number of nitro benzene ring substituents is 1. The molecule has 1 aliphatic rings. The maximum Gasteiger partial charge on any atom is 0.273 e. The van der Waals surface area contributed by atoms with E-state index in [1.807, 2.05) is 0 Å². The van der Waals surface area contributed by atoms with Crippen molar-refractivity contribution in [3.8, 4) is 0 Å². The summed E-state index contributed by atoms with van der Waals surface area (Å²) in [6.07, 6.45) is 0.889.